The monoisotopic (exact) mass is 354 g/mol. The lowest BCUT2D eigenvalue weighted by Crippen LogP contribution is -2.52. The Bertz CT molecular complexity index is 516. The molecule has 1 atom stereocenters. The van der Waals surface area contributed by atoms with Gasteiger partial charge in [-0.25, -0.2) is 4.79 Å². The molecule has 2 amide bonds. The van der Waals surface area contributed by atoms with Crippen molar-refractivity contribution >= 4 is 52.2 Å². The number of benzene rings is 1. The highest BCUT2D eigenvalue weighted by Crippen LogP contribution is 2.31. The Hall–Kier alpha value is -1.44. The number of non-ortho nitro benzene ring substituents is 1. The summed E-state index contributed by atoms with van der Waals surface area (Å²) < 4.78 is -1.81. The molecule has 0 aromatic heterocycles. The lowest BCUT2D eigenvalue weighted by Gasteiger charge is -2.28. The summed E-state index contributed by atoms with van der Waals surface area (Å²) in [6.45, 7) is 0. The van der Waals surface area contributed by atoms with Crippen molar-refractivity contribution in [2.24, 2.45) is 0 Å². The topological polar surface area (TPSA) is 87.5 Å². The number of alkyl halides is 3. The fourth-order valence-electron chi connectivity index (χ4n) is 1.30. The summed E-state index contributed by atoms with van der Waals surface area (Å²) in [5, 5.41) is 15.9. The van der Waals surface area contributed by atoms with E-state index in [1.807, 2.05) is 0 Å². The molecule has 7 nitrogen and oxygen atoms in total. The molecule has 10 heteroatoms. The third-order valence-electron chi connectivity index (χ3n) is 2.39. The number of amides is 2. The van der Waals surface area contributed by atoms with Gasteiger partial charge in [0.1, 0.15) is 6.17 Å². The van der Waals surface area contributed by atoms with Crippen LogP contribution in [0.3, 0.4) is 0 Å². The van der Waals surface area contributed by atoms with Crippen LogP contribution < -0.4 is 10.6 Å². The normalized spacial score (nSPS) is 12.4. The Morgan fingerprint density at radius 3 is 2.19 bits per heavy atom. The molecule has 2 N–H and O–H groups in total. The minimum Gasteiger partial charge on any atom is -0.362 e. The molecule has 1 aromatic rings. The van der Waals surface area contributed by atoms with Gasteiger partial charge in [0.15, 0.2) is 0 Å². The first-order chi connectivity index (χ1) is 9.61. The molecule has 0 aliphatic rings. The molecule has 0 spiro atoms. The number of hydrogen-bond acceptors (Lipinski definition) is 4. The maximum Gasteiger partial charge on any atom is 0.318 e. The van der Waals surface area contributed by atoms with E-state index in [-0.39, 0.29) is 5.69 Å². The molecule has 0 unspecified atom stereocenters. The highest BCUT2D eigenvalue weighted by Gasteiger charge is 2.34. The predicted molar refractivity (Wildman–Crippen MR) is 83.0 cm³/mol. The SMILES string of the molecule is CN(C)C(=O)N[C@@H](Nc1ccc([N+](=O)[O-])cc1)C(Cl)(Cl)Cl. The van der Waals surface area contributed by atoms with Crippen molar-refractivity contribution in [2.45, 2.75) is 9.96 Å². The zero-order valence-electron chi connectivity index (χ0n) is 11.1. The highest BCUT2D eigenvalue weighted by atomic mass is 35.6. The second kappa shape index (κ2) is 7.02. The molecular formula is C11H13Cl3N4O3. The summed E-state index contributed by atoms with van der Waals surface area (Å²) in [5.74, 6) is 0. The van der Waals surface area contributed by atoms with Crippen molar-refractivity contribution in [3.8, 4) is 0 Å². The van der Waals surface area contributed by atoms with E-state index in [0.29, 0.717) is 5.69 Å². The van der Waals surface area contributed by atoms with Crippen molar-refractivity contribution in [1.29, 1.82) is 0 Å². The molecule has 0 saturated carbocycles. The molecule has 1 rings (SSSR count). The third kappa shape index (κ3) is 5.45. The van der Waals surface area contributed by atoms with Crippen LogP contribution in [0.2, 0.25) is 0 Å². The van der Waals surface area contributed by atoms with E-state index >= 15 is 0 Å². The molecule has 1 aromatic carbocycles. The zero-order valence-corrected chi connectivity index (χ0v) is 13.4. The van der Waals surface area contributed by atoms with Crippen LogP contribution >= 0.6 is 34.8 Å². The van der Waals surface area contributed by atoms with Crippen molar-refractivity contribution in [3.63, 3.8) is 0 Å². The average molecular weight is 356 g/mol. The van der Waals surface area contributed by atoms with E-state index < -0.39 is 20.9 Å². The fraction of sp³-hybridized carbons (Fsp3) is 0.364. The summed E-state index contributed by atoms with van der Waals surface area (Å²) in [5.41, 5.74) is 0.388. The molecule has 0 radical (unpaired) electrons. The van der Waals surface area contributed by atoms with E-state index in [2.05, 4.69) is 10.6 Å². The van der Waals surface area contributed by atoms with Gasteiger partial charge < -0.3 is 15.5 Å². The van der Waals surface area contributed by atoms with Crippen LogP contribution in [0.4, 0.5) is 16.2 Å². The Labute approximate surface area is 136 Å². The Kier molecular flexibility index (Phi) is 5.88. The van der Waals surface area contributed by atoms with Crippen molar-refractivity contribution in [3.05, 3.63) is 34.4 Å². The van der Waals surface area contributed by atoms with Crippen LogP contribution in [0.25, 0.3) is 0 Å². The van der Waals surface area contributed by atoms with E-state index in [1.54, 1.807) is 0 Å². The minimum absolute atomic E-state index is 0.0664. The molecule has 0 aliphatic heterocycles. The number of urea groups is 1. The van der Waals surface area contributed by atoms with Gasteiger partial charge in [-0.1, -0.05) is 34.8 Å². The van der Waals surface area contributed by atoms with Gasteiger partial charge in [-0.3, -0.25) is 10.1 Å². The summed E-state index contributed by atoms with van der Waals surface area (Å²) in [7, 11) is 3.08. The van der Waals surface area contributed by atoms with Crippen LogP contribution in [0.15, 0.2) is 24.3 Å². The van der Waals surface area contributed by atoms with Crippen LogP contribution in [-0.2, 0) is 0 Å². The number of nitrogens with one attached hydrogen (secondary N) is 2. The van der Waals surface area contributed by atoms with E-state index in [1.165, 1.54) is 43.3 Å². The first kappa shape index (κ1) is 17.6. The average Bonchev–Trinajstić information content (AvgIpc) is 2.37. The quantitative estimate of drug-likeness (QED) is 0.376. The van der Waals surface area contributed by atoms with Gasteiger partial charge in [0.25, 0.3) is 5.69 Å². The van der Waals surface area contributed by atoms with Crippen LogP contribution in [0.1, 0.15) is 0 Å². The first-order valence-electron chi connectivity index (χ1n) is 5.67. The molecule has 0 aliphatic carbocycles. The number of nitro groups is 1. The number of carbonyl (C=O) groups excluding carboxylic acids is 1. The van der Waals surface area contributed by atoms with Gasteiger partial charge in [0.2, 0.25) is 3.79 Å². The van der Waals surface area contributed by atoms with E-state index in [9.17, 15) is 14.9 Å². The number of carbonyl (C=O) groups is 1. The predicted octanol–water partition coefficient (Wildman–Crippen LogP) is 2.97. The molecule has 0 heterocycles. The van der Waals surface area contributed by atoms with Crippen molar-refractivity contribution < 1.29 is 9.72 Å². The van der Waals surface area contributed by atoms with E-state index in [4.69, 9.17) is 34.8 Å². The smallest absolute Gasteiger partial charge is 0.318 e. The molecule has 0 fully saturated rings. The highest BCUT2D eigenvalue weighted by molar-refractivity contribution is 6.68. The lowest BCUT2D eigenvalue weighted by molar-refractivity contribution is -0.384. The maximum atomic E-state index is 11.6. The zero-order chi connectivity index (χ0) is 16.2. The molecule has 21 heavy (non-hydrogen) atoms. The molecule has 0 bridgehead atoms. The summed E-state index contributed by atoms with van der Waals surface area (Å²) >= 11 is 17.4. The number of halogens is 3. The van der Waals surface area contributed by atoms with Crippen molar-refractivity contribution in [1.82, 2.24) is 10.2 Å². The lowest BCUT2D eigenvalue weighted by atomic mass is 10.3. The number of rotatable bonds is 4. The van der Waals surface area contributed by atoms with Crippen molar-refractivity contribution in [2.75, 3.05) is 19.4 Å². The fourth-order valence-corrected chi connectivity index (χ4v) is 1.63. The minimum atomic E-state index is -1.81. The second-order valence-corrected chi connectivity index (χ2v) is 6.64. The van der Waals surface area contributed by atoms with Gasteiger partial charge in [-0.2, -0.15) is 0 Å². The number of nitrogens with zero attached hydrogens (tertiary/aromatic N) is 2. The molecule has 116 valence electrons. The van der Waals surface area contributed by atoms with Gasteiger partial charge in [0, 0.05) is 31.9 Å². The molecule has 0 saturated heterocycles. The van der Waals surface area contributed by atoms with Crippen LogP contribution in [0, 0.1) is 10.1 Å². The Morgan fingerprint density at radius 2 is 1.81 bits per heavy atom. The summed E-state index contributed by atoms with van der Waals surface area (Å²) in [4.78, 5) is 23.0. The van der Waals surface area contributed by atoms with E-state index in [0.717, 1.165) is 0 Å². The number of hydrogen-bond donors (Lipinski definition) is 2. The molecular weight excluding hydrogens is 343 g/mol. The largest absolute Gasteiger partial charge is 0.362 e. The van der Waals surface area contributed by atoms with Gasteiger partial charge in [-0.15, -0.1) is 0 Å². The van der Waals surface area contributed by atoms with Gasteiger partial charge in [0.05, 0.1) is 4.92 Å². The summed E-state index contributed by atoms with van der Waals surface area (Å²) in [6.07, 6.45) is -1.01. The third-order valence-corrected chi connectivity index (χ3v) is 3.05. The van der Waals surface area contributed by atoms with Crippen LogP contribution in [0.5, 0.6) is 0 Å². The maximum absolute atomic E-state index is 11.6. The van der Waals surface area contributed by atoms with Gasteiger partial charge in [-0.05, 0) is 12.1 Å². The standard InChI is InChI=1S/C11H13Cl3N4O3/c1-17(2)10(19)16-9(11(12,13)14)15-7-3-5-8(6-4-7)18(20)21/h3-6,9,15H,1-2H3,(H,16,19)/t9-/m1/s1. The summed E-state index contributed by atoms with van der Waals surface area (Å²) in [6, 6.07) is 5.03. The Morgan fingerprint density at radius 1 is 1.29 bits per heavy atom. The number of anilines is 1. The first-order valence-corrected chi connectivity index (χ1v) is 6.80. The van der Waals surface area contributed by atoms with Crippen LogP contribution in [-0.4, -0.2) is 39.9 Å². The van der Waals surface area contributed by atoms with Gasteiger partial charge >= 0.3 is 6.03 Å². The second-order valence-electron chi connectivity index (χ2n) is 4.27. The number of nitro benzene ring substituents is 1. The Balaban J connectivity index is 2.86.